The third-order valence-electron chi connectivity index (χ3n) is 4.58. The number of sulfonamides is 1. The number of hydrogen-bond donors (Lipinski definition) is 1. The number of amides is 2. The lowest BCUT2D eigenvalue weighted by Gasteiger charge is -2.34. The maximum absolute atomic E-state index is 12.7. The lowest BCUT2D eigenvalue weighted by molar-refractivity contribution is -0.129. The van der Waals surface area contributed by atoms with E-state index in [2.05, 4.69) is 5.32 Å². The third-order valence-corrected chi connectivity index (χ3v) is 7.74. The van der Waals surface area contributed by atoms with Crippen molar-refractivity contribution in [1.82, 2.24) is 9.21 Å². The van der Waals surface area contributed by atoms with Crippen molar-refractivity contribution < 1.29 is 18.0 Å². The molecule has 2 aromatic carbocycles. The molecule has 30 heavy (non-hydrogen) atoms. The summed E-state index contributed by atoms with van der Waals surface area (Å²) < 4.78 is 26.9. The minimum Gasteiger partial charge on any atom is -0.339 e. The average Bonchev–Trinajstić information content (AvgIpc) is 2.73. The zero-order chi connectivity index (χ0) is 21.7. The highest BCUT2D eigenvalue weighted by atomic mass is 35.5. The van der Waals surface area contributed by atoms with E-state index in [0.29, 0.717) is 23.8 Å². The van der Waals surface area contributed by atoms with E-state index in [4.69, 9.17) is 11.6 Å². The number of thioether (sulfide) groups is 1. The van der Waals surface area contributed by atoms with Crippen molar-refractivity contribution in [3.8, 4) is 0 Å². The Labute approximate surface area is 185 Å². The Morgan fingerprint density at radius 1 is 1.00 bits per heavy atom. The number of nitrogens with one attached hydrogen (secondary N) is 1. The Morgan fingerprint density at radius 3 is 2.17 bits per heavy atom. The zero-order valence-electron chi connectivity index (χ0n) is 16.4. The van der Waals surface area contributed by atoms with Gasteiger partial charge in [-0.15, -0.1) is 11.8 Å². The fourth-order valence-electron chi connectivity index (χ4n) is 3.01. The van der Waals surface area contributed by atoms with Crippen LogP contribution in [0.2, 0.25) is 5.02 Å². The molecule has 7 nitrogen and oxygen atoms in total. The molecule has 2 amide bonds. The van der Waals surface area contributed by atoms with Crippen molar-refractivity contribution in [2.24, 2.45) is 0 Å². The van der Waals surface area contributed by atoms with Crippen LogP contribution in [-0.2, 0) is 19.6 Å². The van der Waals surface area contributed by atoms with Gasteiger partial charge in [0.05, 0.1) is 10.6 Å². The highest BCUT2D eigenvalue weighted by molar-refractivity contribution is 8.00. The molecule has 0 atom stereocenters. The monoisotopic (exact) mass is 467 g/mol. The first-order valence-corrected chi connectivity index (χ1v) is 12.1. The van der Waals surface area contributed by atoms with Crippen LogP contribution in [0.4, 0.5) is 5.69 Å². The first kappa shape index (κ1) is 22.6. The molecule has 1 aliphatic heterocycles. The predicted molar refractivity (Wildman–Crippen MR) is 118 cm³/mol. The molecule has 1 aliphatic rings. The molecule has 0 radical (unpaired) electrons. The molecule has 0 aromatic heterocycles. The number of benzene rings is 2. The first-order chi connectivity index (χ1) is 14.3. The zero-order valence-corrected chi connectivity index (χ0v) is 18.8. The number of anilines is 1. The van der Waals surface area contributed by atoms with Gasteiger partial charge >= 0.3 is 0 Å². The van der Waals surface area contributed by atoms with E-state index in [0.717, 1.165) is 4.90 Å². The van der Waals surface area contributed by atoms with Crippen molar-refractivity contribution in [3.05, 3.63) is 53.6 Å². The smallest absolute Gasteiger partial charge is 0.243 e. The van der Waals surface area contributed by atoms with E-state index in [9.17, 15) is 18.0 Å². The van der Waals surface area contributed by atoms with E-state index < -0.39 is 10.0 Å². The molecule has 1 fully saturated rings. The summed E-state index contributed by atoms with van der Waals surface area (Å²) in [6.07, 6.45) is 0. The third kappa shape index (κ3) is 5.75. The minimum atomic E-state index is -3.59. The van der Waals surface area contributed by atoms with Crippen LogP contribution in [-0.4, -0.2) is 61.4 Å². The van der Waals surface area contributed by atoms with Crippen LogP contribution in [0.3, 0.4) is 0 Å². The van der Waals surface area contributed by atoms with Gasteiger partial charge in [-0.05, 0) is 48.5 Å². The van der Waals surface area contributed by atoms with Crippen molar-refractivity contribution in [1.29, 1.82) is 0 Å². The second-order valence-corrected chi connectivity index (χ2v) is 10.2. The summed E-state index contributed by atoms with van der Waals surface area (Å²) in [7, 11) is -3.59. The van der Waals surface area contributed by atoms with Gasteiger partial charge < -0.3 is 10.2 Å². The molecule has 160 valence electrons. The number of carbonyl (C=O) groups is 2. The maximum atomic E-state index is 12.7. The second kappa shape index (κ2) is 9.82. The molecule has 10 heteroatoms. The van der Waals surface area contributed by atoms with E-state index in [-0.39, 0.29) is 35.6 Å². The lowest BCUT2D eigenvalue weighted by atomic mass is 10.3. The molecular weight excluding hydrogens is 446 g/mol. The fourth-order valence-corrected chi connectivity index (χ4v) is 5.36. The van der Waals surface area contributed by atoms with Crippen molar-refractivity contribution in [2.75, 3.05) is 37.2 Å². The summed E-state index contributed by atoms with van der Waals surface area (Å²) in [5.74, 6) is 0.0981. The van der Waals surface area contributed by atoms with Crippen LogP contribution < -0.4 is 5.32 Å². The van der Waals surface area contributed by atoms with Crippen molar-refractivity contribution >= 4 is 50.9 Å². The number of rotatable bonds is 6. The van der Waals surface area contributed by atoms with Gasteiger partial charge in [0.15, 0.2) is 0 Å². The normalized spacial score (nSPS) is 15.1. The van der Waals surface area contributed by atoms with Gasteiger partial charge in [-0.3, -0.25) is 9.59 Å². The van der Waals surface area contributed by atoms with Gasteiger partial charge in [-0.1, -0.05) is 11.6 Å². The summed E-state index contributed by atoms with van der Waals surface area (Å²) in [4.78, 5) is 26.4. The van der Waals surface area contributed by atoms with Crippen molar-refractivity contribution in [2.45, 2.75) is 16.7 Å². The van der Waals surface area contributed by atoms with Gasteiger partial charge in [0.2, 0.25) is 21.8 Å². The maximum Gasteiger partial charge on any atom is 0.243 e. The summed E-state index contributed by atoms with van der Waals surface area (Å²) >= 11 is 7.24. The molecular formula is C20H22ClN3O4S2. The summed E-state index contributed by atoms with van der Waals surface area (Å²) in [6.45, 7) is 2.67. The molecule has 0 aliphatic carbocycles. The van der Waals surface area contributed by atoms with Crippen LogP contribution in [0.15, 0.2) is 58.3 Å². The summed E-state index contributed by atoms with van der Waals surface area (Å²) in [5, 5.41) is 3.17. The van der Waals surface area contributed by atoms with Gasteiger partial charge in [-0.25, -0.2) is 8.42 Å². The Bertz CT molecular complexity index is 1000. The Kier molecular flexibility index (Phi) is 7.41. The van der Waals surface area contributed by atoms with E-state index >= 15 is 0 Å². The van der Waals surface area contributed by atoms with Crippen LogP contribution in [0.5, 0.6) is 0 Å². The second-order valence-electron chi connectivity index (χ2n) is 6.73. The van der Waals surface area contributed by atoms with Crippen LogP contribution in [0, 0.1) is 0 Å². The summed E-state index contributed by atoms with van der Waals surface area (Å²) in [5.41, 5.74) is 0.705. The van der Waals surface area contributed by atoms with E-state index in [1.165, 1.54) is 35.1 Å². The molecule has 0 unspecified atom stereocenters. The fraction of sp³-hybridized carbons (Fsp3) is 0.300. The van der Waals surface area contributed by atoms with Gasteiger partial charge in [0.1, 0.15) is 0 Å². The SMILES string of the molecule is CC(=O)Nc1ccc(SCC(=O)N2CCN(S(=O)(=O)c3ccc(Cl)cc3)CC2)cc1. The van der Waals surface area contributed by atoms with E-state index in [1.807, 2.05) is 12.1 Å². The van der Waals surface area contributed by atoms with Gasteiger partial charge in [-0.2, -0.15) is 4.31 Å². The van der Waals surface area contributed by atoms with Crippen LogP contribution in [0.1, 0.15) is 6.92 Å². The van der Waals surface area contributed by atoms with Crippen LogP contribution >= 0.6 is 23.4 Å². The molecule has 1 N–H and O–H groups in total. The Hall–Kier alpha value is -2.07. The van der Waals surface area contributed by atoms with Gasteiger partial charge in [0, 0.05) is 48.7 Å². The topological polar surface area (TPSA) is 86.8 Å². The molecule has 3 rings (SSSR count). The van der Waals surface area contributed by atoms with Crippen LogP contribution in [0.25, 0.3) is 0 Å². The Balaban J connectivity index is 1.50. The van der Waals surface area contributed by atoms with E-state index in [1.54, 1.807) is 29.2 Å². The molecule has 2 aromatic rings. The van der Waals surface area contributed by atoms with Gasteiger partial charge in [0.25, 0.3) is 0 Å². The molecule has 1 heterocycles. The molecule has 0 bridgehead atoms. The minimum absolute atomic E-state index is 0.0329. The standard InChI is InChI=1S/C20H22ClN3O4S2/c1-15(25)22-17-4-6-18(7-5-17)29-14-20(26)23-10-12-24(13-11-23)30(27,28)19-8-2-16(21)3-9-19/h2-9H,10-14H2,1H3,(H,22,25). The number of nitrogens with zero attached hydrogens (tertiary/aromatic N) is 2. The highest BCUT2D eigenvalue weighted by Gasteiger charge is 2.30. The molecule has 0 spiro atoms. The number of halogens is 1. The lowest BCUT2D eigenvalue weighted by Crippen LogP contribution is -2.50. The quantitative estimate of drug-likeness (QED) is 0.660. The summed E-state index contributed by atoms with van der Waals surface area (Å²) in [6, 6.07) is 13.3. The molecule has 1 saturated heterocycles. The number of piperazine rings is 1. The molecule has 0 saturated carbocycles. The largest absolute Gasteiger partial charge is 0.339 e. The highest BCUT2D eigenvalue weighted by Crippen LogP contribution is 2.22. The average molecular weight is 468 g/mol. The first-order valence-electron chi connectivity index (χ1n) is 9.29. The predicted octanol–water partition coefficient (Wildman–Crippen LogP) is 2.92. The number of carbonyl (C=O) groups excluding carboxylic acids is 2. The number of hydrogen-bond acceptors (Lipinski definition) is 5. The van der Waals surface area contributed by atoms with Crippen molar-refractivity contribution in [3.63, 3.8) is 0 Å². The Morgan fingerprint density at radius 2 is 1.60 bits per heavy atom.